The largest absolute Gasteiger partial charge is 0.494 e. The zero-order chi connectivity index (χ0) is 20.7. The molecule has 0 aromatic heterocycles. The molecule has 4 heteroatoms. The van der Waals surface area contributed by atoms with Gasteiger partial charge in [0, 0.05) is 22.3 Å². The van der Waals surface area contributed by atoms with Gasteiger partial charge in [-0.2, -0.15) is 0 Å². The molecule has 0 unspecified atom stereocenters. The Morgan fingerprint density at radius 3 is 2.29 bits per heavy atom. The fraction of sp³-hybridized carbons (Fsp3) is 0.417. The molecule has 0 amide bonds. The highest BCUT2D eigenvalue weighted by Crippen LogP contribution is 2.39. The highest BCUT2D eigenvalue weighted by atomic mass is 32.1. The molecule has 28 heavy (non-hydrogen) atoms. The SMILES string of the molecule is COCC(C)(C)c1ccc(OCCC(C)C)cc1/C(S)=C(/S)c1ccccc1. The van der Waals surface area contributed by atoms with E-state index in [2.05, 4.69) is 39.8 Å². The molecule has 0 fully saturated rings. The van der Waals surface area contributed by atoms with E-state index in [0.717, 1.165) is 38.7 Å². The van der Waals surface area contributed by atoms with E-state index in [1.165, 1.54) is 0 Å². The summed E-state index contributed by atoms with van der Waals surface area (Å²) in [5.41, 5.74) is 3.07. The van der Waals surface area contributed by atoms with Gasteiger partial charge in [-0.05, 0) is 41.2 Å². The van der Waals surface area contributed by atoms with Crippen molar-refractivity contribution in [1.82, 2.24) is 0 Å². The van der Waals surface area contributed by atoms with Gasteiger partial charge in [0.15, 0.2) is 0 Å². The fourth-order valence-corrected chi connectivity index (χ4v) is 3.69. The van der Waals surface area contributed by atoms with E-state index >= 15 is 0 Å². The van der Waals surface area contributed by atoms with Crippen molar-refractivity contribution in [2.24, 2.45) is 5.92 Å². The van der Waals surface area contributed by atoms with Gasteiger partial charge in [-0.25, -0.2) is 0 Å². The van der Waals surface area contributed by atoms with Crippen LogP contribution in [0.3, 0.4) is 0 Å². The number of ether oxygens (including phenoxy) is 2. The molecule has 152 valence electrons. The van der Waals surface area contributed by atoms with Crippen LogP contribution >= 0.6 is 25.3 Å². The van der Waals surface area contributed by atoms with Crippen LogP contribution in [0.4, 0.5) is 0 Å². The molecule has 0 bridgehead atoms. The van der Waals surface area contributed by atoms with E-state index in [9.17, 15) is 0 Å². The highest BCUT2D eigenvalue weighted by molar-refractivity contribution is 7.96. The molecule has 2 rings (SSSR count). The van der Waals surface area contributed by atoms with Crippen molar-refractivity contribution < 1.29 is 9.47 Å². The highest BCUT2D eigenvalue weighted by Gasteiger charge is 2.25. The third kappa shape index (κ3) is 6.07. The third-order valence-corrected chi connectivity index (χ3v) is 5.84. The molecule has 0 radical (unpaired) electrons. The maximum atomic E-state index is 6.01. The van der Waals surface area contributed by atoms with Gasteiger partial charge < -0.3 is 9.47 Å². The topological polar surface area (TPSA) is 18.5 Å². The van der Waals surface area contributed by atoms with Crippen LogP contribution in [0.25, 0.3) is 9.81 Å². The van der Waals surface area contributed by atoms with Gasteiger partial charge in [0.05, 0.1) is 13.2 Å². The molecule has 0 saturated heterocycles. The normalized spacial score (nSPS) is 12.9. The average Bonchev–Trinajstić information content (AvgIpc) is 2.67. The fourth-order valence-electron chi connectivity index (χ4n) is 3.11. The van der Waals surface area contributed by atoms with Gasteiger partial charge in [0.25, 0.3) is 0 Å². The quantitative estimate of drug-likeness (QED) is 0.349. The van der Waals surface area contributed by atoms with E-state index in [1.54, 1.807) is 7.11 Å². The molecule has 0 aliphatic rings. The molecule has 0 heterocycles. The first kappa shape index (κ1) is 22.9. The lowest BCUT2D eigenvalue weighted by Crippen LogP contribution is -2.25. The van der Waals surface area contributed by atoms with Crippen molar-refractivity contribution in [2.45, 2.75) is 39.5 Å². The van der Waals surface area contributed by atoms with Crippen molar-refractivity contribution in [1.29, 1.82) is 0 Å². The van der Waals surface area contributed by atoms with Crippen LogP contribution in [0.5, 0.6) is 5.75 Å². The van der Waals surface area contributed by atoms with Crippen molar-refractivity contribution in [3.05, 3.63) is 65.2 Å². The van der Waals surface area contributed by atoms with Gasteiger partial charge in [-0.3, -0.25) is 0 Å². The monoisotopic (exact) mass is 416 g/mol. The van der Waals surface area contributed by atoms with Gasteiger partial charge in [0.2, 0.25) is 0 Å². The summed E-state index contributed by atoms with van der Waals surface area (Å²) in [6.07, 6.45) is 1.03. The predicted octanol–water partition coefficient (Wildman–Crippen LogP) is 6.72. The number of thiol groups is 2. The lowest BCUT2D eigenvalue weighted by Gasteiger charge is -2.28. The summed E-state index contributed by atoms with van der Waals surface area (Å²) in [7, 11) is 1.73. The van der Waals surface area contributed by atoms with Crippen LogP contribution in [0.2, 0.25) is 0 Å². The van der Waals surface area contributed by atoms with Gasteiger partial charge in [-0.15, -0.1) is 25.3 Å². The lowest BCUT2D eigenvalue weighted by molar-refractivity contribution is 0.146. The molecular weight excluding hydrogens is 384 g/mol. The second-order valence-electron chi connectivity index (χ2n) is 8.12. The van der Waals surface area contributed by atoms with Crippen LogP contribution in [-0.4, -0.2) is 20.3 Å². The second-order valence-corrected chi connectivity index (χ2v) is 9.01. The Balaban J connectivity index is 2.50. The molecule has 2 aromatic rings. The Bertz CT molecular complexity index is 796. The Morgan fingerprint density at radius 2 is 1.68 bits per heavy atom. The van der Waals surface area contributed by atoms with Crippen molar-refractivity contribution in [2.75, 3.05) is 20.3 Å². The molecular formula is C24H32O2S2. The minimum absolute atomic E-state index is 0.167. The van der Waals surface area contributed by atoms with E-state index in [4.69, 9.17) is 34.7 Å². The van der Waals surface area contributed by atoms with Crippen molar-refractivity contribution >= 4 is 35.1 Å². The van der Waals surface area contributed by atoms with Crippen molar-refractivity contribution in [3.8, 4) is 5.75 Å². The van der Waals surface area contributed by atoms with E-state index < -0.39 is 0 Å². The predicted molar refractivity (Wildman–Crippen MR) is 128 cm³/mol. The van der Waals surface area contributed by atoms with Crippen LogP contribution < -0.4 is 4.74 Å². The Labute approximate surface area is 181 Å². The number of rotatable bonds is 9. The first-order chi connectivity index (χ1) is 13.3. The summed E-state index contributed by atoms with van der Waals surface area (Å²) in [4.78, 5) is 1.68. The lowest BCUT2D eigenvalue weighted by atomic mass is 9.82. The van der Waals surface area contributed by atoms with Crippen LogP contribution in [0, 0.1) is 5.92 Å². The zero-order valence-electron chi connectivity index (χ0n) is 17.5. The minimum atomic E-state index is -0.167. The van der Waals surface area contributed by atoms with Crippen LogP contribution in [0.1, 0.15) is 50.8 Å². The van der Waals surface area contributed by atoms with Gasteiger partial charge in [-0.1, -0.05) is 64.1 Å². The molecule has 0 spiro atoms. The van der Waals surface area contributed by atoms with Crippen LogP contribution in [0.15, 0.2) is 48.5 Å². The molecule has 0 saturated carbocycles. The standard InChI is InChI=1S/C24H32O2S2/c1-17(2)13-14-26-19-11-12-21(24(3,4)16-25-5)20(15-19)23(28)22(27)18-9-7-6-8-10-18/h6-12,15,17,27-28H,13-14,16H2,1-5H3/b23-22-. The Kier molecular flexibility index (Phi) is 8.54. The molecule has 0 aliphatic carbocycles. The summed E-state index contributed by atoms with van der Waals surface area (Å²) in [6.45, 7) is 10.1. The van der Waals surface area contributed by atoms with Crippen LogP contribution in [-0.2, 0) is 10.2 Å². The summed E-state index contributed by atoms with van der Waals surface area (Å²) in [5, 5.41) is 0. The number of hydrogen-bond acceptors (Lipinski definition) is 4. The average molecular weight is 417 g/mol. The van der Waals surface area contributed by atoms with Gasteiger partial charge in [0.1, 0.15) is 5.75 Å². The van der Waals surface area contributed by atoms with Gasteiger partial charge >= 0.3 is 0 Å². The second kappa shape index (κ2) is 10.4. The molecule has 0 N–H and O–H groups in total. The zero-order valence-corrected chi connectivity index (χ0v) is 19.3. The third-order valence-electron chi connectivity index (χ3n) is 4.72. The molecule has 0 aliphatic heterocycles. The van der Waals surface area contributed by atoms with Crippen molar-refractivity contribution in [3.63, 3.8) is 0 Å². The summed E-state index contributed by atoms with van der Waals surface area (Å²) >= 11 is 9.66. The maximum absolute atomic E-state index is 6.01. The summed E-state index contributed by atoms with van der Waals surface area (Å²) in [6, 6.07) is 16.3. The Hall–Kier alpha value is -1.36. The maximum Gasteiger partial charge on any atom is 0.119 e. The van der Waals surface area contributed by atoms with E-state index in [1.807, 2.05) is 36.4 Å². The molecule has 2 nitrogen and oxygen atoms in total. The Morgan fingerprint density at radius 1 is 1.00 bits per heavy atom. The summed E-state index contributed by atoms with van der Waals surface area (Å²) < 4.78 is 11.5. The van der Waals surface area contributed by atoms with E-state index in [0.29, 0.717) is 19.1 Å². The first-order valence-corrected chi connectivity index (χ1v) is 10.6. The first-order valence-electron chi connectivity index (χ1n) is 9.70. The smallest absolute Gasteiger partial charge is 0.119 e. The number of methoxy groups -OCH3 is 1. The van der Waals surface area contributed by atoms with E-state index in [-0.39, 0.29) is 5.41 Å². The number of benzene rings is 2. The number of hydrogen-bond donors (Lipinski definition) is 2. The summed E-state index contributed by atoms with van der Waals surface area (Å²) in [5.74, 6) is 1.47. The minimum Gasteiger partial charge on any atom is -0.494 e. The molecule has 0 atom stereocenters. The molecule has 2 aromatic carbocycles.